The number of nitrogens with zero attached hydrogens (tertiary/aromatic N) is 2. The summed E-state index contributed by atoms with van der Waals surface area (Å²) in [5.74, 6) is 3.32. The van der Waals surface area contributed by atoms with E-state index < -0.39 is 0 Å². The number of amides is 1. The quantitative estimate of drug-likeness (QED) is 0.499. The third-order valence-electron chi connectivity index (χ3n) is 7.47. The van der Waals surface area contributed by atoms with Crippen LogP contribution >= 0.6 is 12.4 Å². The van der Waals surface area contributed by atoms with Crippen LogP contribution in [0.2, 0.25) is 0 Å². The molecule has 0 spiro atoms. The molecule has 7 heteroatoms. The van der Waals surface area contributed by atoms with Gasteiger partial charge in [-0.25, -0.2) is 0 Å². The van der Waals surface area contributed by atoms with E-state index in [4.69, 9.17) is 14.2 Å². The van der Waals surface area contributed by atoms with Crippen LogP contribution in [0.5, 0.6) is 17.2 Å². The Bertz CT molecular complexity index is 997. The molecule has 1 fully saturated rings. The minimum Gasteiger partial charge on any atom is -0.497 e. The maximum atomic E-state index is 13.1. The Hall–Kier alpha value is -2.44. The number of benzene rings is 2. The lowest BCUT2D eigenvalue weighted by atomic mass is 9.96. The Kier molecular flexibility index (Phi) is 8.79. The first-order valence-electron chi connectivity index (χ1n) is 12.7. The van der Waals surface area contributed by atoms with Crippen molar-refractivity contribution < 1.29 is 19.0 Å². The van der Waals surface area contributed by atoms with E-state index in [1.54, 1.807) is 7.11 Å². The summed E-state index contributed by atoms with van der Waals surface area (Å²) >= 11 is 0. The fourth-order valence-corrected chi connectivity index (χ4v) is 5.54. The molecular weight excluding hydrogens is 464 g/mol. The summed E-state index contributed by atoms with van der Waals surface area (Å²) < 4.78 is 16.3. The Labute approximate surface area is 214 Å². The van der Waals surface area contributed by atoms with Gasteiger partial charge < -0.3 is 24.0 Å². The SMILES string of the molecule is COc1ccc(CCCCN2CCCC(CN3CCc4cc5c(cc4CC3=O)OCO5)C2)cc1.Cl. The number of aryl methyl sites for hydroxylation is 1. The number of hydrogen-bond donors (Lipinski definition) is 0. The fraction of sp³-hybridized carbons (Fsp3) is 0.536. The van der Waals surface area contributed by atoms with Crippen LogP contribution in [0.4, 0.5) is 0 Å². The first kappa shape index (κ1) is 25.6. The molecule has 3 heterocycles. The second-order valence-corrected chi connectivity index (χ2v) is 9.85. The van der Waals surface area contributed by atoms with E-state index in [1.165, 1.54) is 43.4 Å². The van der Waals surface area contributed by atoms with E-state index in [9.17, 15) is 4.79 Å². The molecule has 1 unspecified atom stereocenters. The van der Waals surface area contributed by atoms with E-state index in [2.05, 4.69) is 28.0 Å². The third-order valence-corrected chi connectivity index (χ3v) is 7.47. The highest BCUT2D eigenvalue weighted by Crippen LogP contribution is 2.36. The highest BCUT2D eigenvalue weighted by atomic mass is 35.5. The van der Waals surface area contributed by atoms with Crippen molar-refractivity contribution in [2.75, 3.05) is 46.6 Å². The van der Waals surface area contributed by atoms with Crippen LogP contribution in [0.3, 0.4) is 0 Å². The Balaban J connectivity index is 0.00000289. The van der Waals surface area contributed by atoms with Gasteiger partial charge >= 0.3 is 0 Å². The van der Waals surface area contributed by atoms with Gasteiger partial charge in [-0.1, -0.05) is 12.1 Å². The fourth-order valence-electron chi connectivity index (χ4n) is 5.54. The molecule has 5 rings (SSSR count). The molecule has 2 aromatic rings. The van der Waals surface area contributed by atoms with Gasteiger partial charge in [0.15, 0.2) is 11.5 Å². The Morgan fingerprint density at radius 2 is 1.80 bits per heavy atom. The second kappa shape index (κ2) is 12.0. The smallest absolute Gasteiger partial charge is 0.231 e. The van der Waals surface area contributed by atoms with Gasteiger partial charge in [0, 0.05) is 19.6 Å². The molecule has 190 valence electrons. The molecule has 0 radical (unpaired) electrons. The Morgan fingerprint density at radius 3 is 2.57 bits per heavy atom. The topological polar surface area (TPSA) is 51.2 Å². The largest absolute Gasteiger partial charge is 0.497 e. The van der Waals surface area contributed by atoms with Gasteiger partial charge in [-0.3, -0.25) is 4.79 Å². The molecule has 1 amide bonds. The number of fused-ring (bicyclic) bond motifs is 2. The summed E-state index contributed by atoms with van der Waals surface area (Å²) in [7, 11) is 1.71. The number of carbonyl (C=O) groups is 1. The molecule has 0 saturated carbocycles. The number of halogens is 1. The van der Waals surface area contributed by atoms with E-state index >= 15 is 0 Å². The number of unbranched alkanes of at least 4 members (excludes halogenated alkanes) is 1. The number of ether oxygens (including phenoxy) is 3. The van der Waals surface area contributed by atoms with Crippen molar-refractivity contribution in [2.24, 2.45) is 5.92 Å². The summed E-state index contributed by atoms with van der Waals surface area (Å²) in [6.07, 6.45) is 7.33. The van der Waals surface area contributed by atoms with Crippen molar-refractivity contribution >= 4 is 18.3 Å². The number of piperidine rings is 1. The summed E-state index contributed by atoms with van der Waals surface area (Å²) in [5, 5.41) is 0. The van der Waals surface area contributed by atoms with E-state index in [0.717, 1.165) is 61.8 Å². The first-order valence-corrected chi connectivity index (χ1v) is 12.7. The van der Waals surface area contributed by atoms with Crippen LogP contribution in [0, 0.1) is 5.92 Å². The average molecular weight is 501 g/mol. The van der Waals surface area contributed by atoms with Gasteiger partial charge in [-0.2, -0.15) is 0 Å². The molecule has 35 heavy (non-hydrogen) atoms. The van der Waals surface area contributed by atoms with Crippen LogP contribution in [0.25, 0.3) is 0 Å². The summed E-state index contributed by atoms with van der Waals surface area (Å²) in [6, 6.07) is 12.5. The van der Waals surface area contributed by atoms with Crippen LogP contribution in [-0.4, -0.2) is 62.3 Å². The highest BCUT2D eigenvalue weighted by molar-refractivity contribution is 5.85. The lowest BCUT2D eigenvalue weighted by Gasteiger charge is -2.35. The van der Waals surface area contributed by atoms with E-state index in [0.29, 0.717) is 12.3 Å². The van der Waals surface area contributed by atoms with Gasteiger partial charge in [-0.05, 0) is 98.5 Å². The zero-order valence-corrected chi connectivity index (χ0v) is 21.5. The van der Waals surface area contributed by atoms with Gasteiger partial charge in [-0.15, -0.1) is 12.4 Å². The normalized spacial score (nSPS) is 19.6. The number of methoxy groups -OCH3 is 1. The summed E-state index contributed by atoms with van der Waals surface area (Å²) in [4.78, 5) is 17.8. The molecule has 0 aromatic heterocycles. The van der Waals surface area contributed by atoms with Crippen molar-refractivity contribution in [3.05, 3.63) is 53.1 Å². The predicted molar refractivity (Wildman–Crippen MR) is 139 cm³/mol. The average Bonchev–Trinajstić information content (AvgIpc) is 3.26. The van der Waals surface area contributed by atoms with Crippen LogP contribution in [0.15, 0.2) is 36.4 Å². The minimum absolute atomic E-state index is 0. The standard InChI is InChI=1S/C28H36N2O4.ClH/c1-32-25-9-7-21(8-10-25)5-2-3-12-29-13-4-6-22(18-29)19-30-14-11-23-15-26-27(34-20-33-26)16-24(23)17-28(30)31;/h7-10,15-16,22H,2-6,11-14,17-20H2,1H3;1H. The van der Waals surface area contributed by atoms with Crippen molar-refractivity contribution in [3.8, 4) is 17.2 Å². The molecule has 0 bridgehead atoms. The molecule has 1 saturated heterocycles. The molecule has 2 aromatic carbocycles. The maximum absolute atomic E-state index is 13.1. The molecule has 3 aliphatic heterocycles. The lowest BCUT2D eigenvalue weighted by molar-refractivity contribution is -0.131. The van der Waals surface area contributed by atoms with Crippen LogP contribution in [-0.2, 0) is 24.1 Å². The molecule has 1 atom stereocenters. The second-order valence-electron chi connectivity index (χ2n) is 9.85. The predicted octanol–water partition coefficient (Wildman–Crippen LogP) is 4.51. The molecule has 6 nitrogen and oxygen atoms in total. The van der Waals surface area contributed by atoms with Gasteiger partial charge in [0.2, 0.25) is 12.7 Å². The van der Waals surface area contributed by atoms with Crippen LogP contribution in [0.1, 0.15) is 42.4 Å². The molecule has 0 aliphatic carbocycles. The zero-order chi connectivity index (χ0) is 23.3. The molecule has 0 N–H and O–H groups in total. The summed E-state index contributed by atoms with van der Waals surface area (Å²) in [5.41, 5.74) is 3.70. The van der Waals surface area contributed by atoms with Gasteiger partial charge in [0.25, 0.3) is 0 Å². The molecule has 3 aliphatic rings. The number of rotatable bonds is 8. The first-order chi connectivity index (χ1) is 16.7. The molecular formula is C28H37ClN2O4. The van der Waals surface area contributed by atoms with Crippen molar-refractivity contribution in [2.45, 2.75) is 44.9 Å². The minimum atomic E-state index is 0. The highest BCUT2D eigenvalue weighted by Gasteiger charge is 2.28. The lowest BCUT2D eigenvalue weighted by Crippen LogP contribution is -2.43. The van der Waals surface area contributed by atoms with Crippen molar-refractivity contribution in [1.82, 2.24) is 9.80 Å². The van der Waals surface area contributed by atoms with E-state index in [1.807, 2.05) is 18.2 Å². The number of likely N-dealkylation sites (tertiary alicyclic amines) is 1. The maximum Gasteiger partial charge on any atom is 0.231 e. The van der Waals surface area contributed by atoms with Gasteiger partial charge in [0.05, 0.1) is 13.5 Å². The van der Waals surface area contributed by atoms with Crippen molar-refractivity contribution in [3.63, 3.8) is 0 Å². The van der Waals surface area contributed by atoms with Crippen LogP contribution < -0.4 is 14.2 Å². The Morgan fingerprint density at radius 1 is 1.03 bits per heavy atom. The zero-order valence-electron chi connectivity index (χ0n) is 20.7. The third kappa shape index (κ3) is 6.42. The van der Waals surface area contributed by atoms with E-state index in [-0.39, 0.29) is 25.1 Å². The van der Waals surface area contributed by atoms with Crippen molar-refractivity contribution in [1.29, 1.82) is 0 Å². The number of carbonyl (C=O) groups excluding carboxylic acids is 1. The van der Waals surface area contributed by atoms with Gasteiger partial charge in [0.1, 0.15) is 5.75 Å². The number of hydrogen-bond acceptors (Lipinski definition) is 5. The monoisotopic (exact) mass is 500 g/mol. The summed E-state index contributed by atoms with van der Waals surface area (Å²) in [6.45, 7) is 5.39.